The van der Waals surface area contributed by atoms with Crippen LogP contribution in [0.1, 0.15) is 12.5 Å². The van der Waals surface area contributed by atoms with E-state index in [9.17, 15) is 0 Å². The summed E-state index contributed by atoms with van der Waals surface area (Å²) in [4.78, 5) is 4.03. The van der Waals surface area contributed by atoms with E-state index in [1.54, 1.807) is 11.8 Å². The molecule has 0 aliphatic carbocycles. The van der Waals surface area contributed by atoms with Gasteiger partial charge in [-0.3, -0.25) is 0 Å². The number of aromatic nitrogens is 1. The Morgan fingerprint density at radius 3 is 2.94 bits per heavy atom. The Labute approximate surface area is 109 Å². The lowest BCUT2D eigenvalue weighted by Gasteiger charge is -2.08. The molecule has 1 heterocycles. The van der Waals surface area contributed by atoms with Crippen molar-refractivity contribution in [2.75, 3.05) is 12.3 Å². The Balaban J connectivity index is 2.03. The molecule has 2 aromatic rings. The smallest absolute Gasteiger partial charge is 0.181 e. The summed E-state index contributed by atoms with van der Waals surface area (Å²) in [5.74, 6) is 1.83. The summed E-state index contributed by atoms with van der Waals surface area (Å²) in [6.07, 6.45) is 1.81. The lowest BCUT2D eigenvalue weighted by molar-refractivity contribution is 0.337. The van der Waals surface area contributed by atoms with Crippen LogP contribution in [0.2, 0.25) is 0 Å². The van der Waals surface area contributed by atoms with Gasteiger partial charge in [-0.25, -0.2) is 4.98 Å². The van der Waals surface area contributed by atoms with E-state index in [0.29, 0.717) is 11.7 Å². The van der Waals surface area contributed by atoms with Gasteiger partial charge in [-0.1, -0.05) is 29.5 Å². The van der Waals surface area contributed by atoms with E-state index in [1.165, 1.54) is 16.9 Å². The lowest BCUT2D eigenvalue weighted by atomic mass is 10.2. The minimum atomic E-state index is 0.616. The second-order valence-corrected chi connectivity index (χ2v) is 5.68. The van der Waals surface area contributed by atoms with Gasteiger partial charge in [-0.15, -0.1) is 11.8 Å². The van der Waals surface area contributed by atoms with Crippen LogP contribution in [0, 0.1) is 0 Å². The zero-order valence-corrected chi connectivity index (χ0v) is 11.2. The van der Waals surface area contributed by atoms with E-state index in [4.69, 9.17) is 10.5 Å². The number of nitrogens with zero attached hydrogens (tertiary/aromatic N) is 1. The molecule has 1 aromatic carbocycles. The second kappa shape index (κ2) is 5.93. The fourth-order valence-corrected chi connectivity index (χ4v) is 3.16. The molecule has 0 atom stereocenters. The first-order valence-electron chi connectivity index (χ1n) is 5.34. The summed E-state index contributed by atoms with van der Waals surface area (Å²) >= 11 is 3.25. The molecule has 0 saturated heterocycles. The molecule has 5 heteroatoms. The van der Waals surface area contributed by atoms with Crippen LogP contribution in [0.4, 0.5) is 5.13 Å². The molecule has 0 aliphatic rings. The van der Waals surface area contributed by atoms with Crippen LogP contribution < -0.4 is 10.5 Å². The number of nitrogen functional groups attached to an aromatic ring is 1. The molecule has 0 radical (unpaired) electrons. The fourth-order valence-electron chi connectivity index (χ4n) is 1.41. The van der Waals surface area contributed by atoms with Crippen LogP contribution in [-0.2, 0) is 5.75 Å². The molecule has 2 rings (SSSR count). The highest BCUT2D eigenvalue weighted by molar-refractivity contribution is 8.00. The Bertz CT molecular complexity index is 485. The lowest BCUT2D eigenvalue weighted by Crippen LogP contribution is -1.95. The molecule has 0 bridgehead atoms. The number of benzene rings is 1. The second-order valence-electron chi connectivity index (χ2n) is 3.35. The molecule has 1 aromatic heterocycles. The van der Waals surface area contributed by atoms with E-state index < -0.39 is 0 Å². The maximum atomic E-state index is 5.59. The van der Waals surface area contributed by atoms with E-state index >= 15 is 0 Å². The van der Waals surface area contributed by atoms with Crippen molar-refractivity contribution in [3.05, 3.63) is 36.0 Å². The van der Waals surface area contributed by atoms with Crippen molar-refractivity contribution in [1.29, 1.82) is 0 Å². The summed E-state index contributed by atoms with van der Waals surface area (Å²) in [6.45, 7) is 2.68. The van der Waals surface area contributed by atoms with Gasteiger partial charge >= 0.3 is 0 Å². The molecule has 0 saturated carbocycles. The number of anilines is 1. The predicted molar refractivity (Wildman–Crippen MR) is 73.7 cm³/mol. The molecule has 3 nitrogen and oxygen atoms in total. The molecular formula is C12H14N2OS2. The molecule has 90 valence electrons. The molecule has 0 amide bonds. The van der Waals surface area contributed by atoms with Gasteiger partial charge < -0.3 is 10.5 Å². The molecule has 0 spiro atoms. The van der Waals surface area contributed by atoms with E-state index in [2.05, 4.69) is 11.1 Å². The number of para-hydroxylation sites is 1. The Morgan fingerprint density at radius 2 is 2.24 bits per heavy atom. The van der Waals surface area contributed by atoms with Crippen molar-refractivity contribution in [1.82, 2.24) is 4.98 Å². The molecule has 0 fully saturated rings. The fraction of sp³-hybridized carbons (Fsp3) is 0.250. The minimum absolute atomic E-state index is 0.616. The van der Waals surface area contributed by atoms with Gasteiger partial charge in [0.25, 0.3) is 0 Å². The number of hydrogen-bond acceptors (Lipinski definition) is 5. The average Bonchev–Trinajstić information content (AvgIpc) is 2.74. The normalized spacial score (nSPS) is 10.4. The van der Waals surface area contributed by atoms with E-state index in [-0.39, 0.29) is 0 Å². The highest BCUT2D eigenvalue weighted by Crippen LogP contribution is 2.31. The Kier molecular flexibility index (Phi) is 4.28. The van der Waals surface area contributed by atoms with E-state index in [0.717, 1.165) is 15.7 Å². The highest BCUT2D eigenvalue weighted by Gasteiger charge is 2.05. The van der Waals surface area contributed by atoms with Gasteiger partial charge in [0, 0.05) is 11.3 Å². The van der Waals surface area contributed by atoms with Crippen LogP contribution in [0.3, 0.4) is 0 Å². The van der Waals surface area contributed by atoms with E-state index in [1.807, 2.05) is 31.3 Å². The summed E-state index contributed by atoms with van der Waals surface area (Å²) in [7, 11) is 0. The summed E-state index contributed by atoms with van der Waals surface area (Å²) in [6, 6.07) is 8.10. The number of hydrogen-bond donors (Lipinski definition) is 1. The number of nitrogens with two attached hydrogens (primary N) is 1. The van der Waals surface area contributed by atoms with Gasteiger partial charge in [0.05, 0.1) is 17.0 Å². The maximum Gasteiger partial charge on any atom is 0.181 e. The third-order valence-electron chi connectivity index (χ3n) is 2.14. The standard InChI is InChI=1S/C12H14N2OS2/c1-2-15-10-6-4-3-5-9(10)8-16-11-7-14-12(13)17-11/h3-7H,2,8H2,1H3,(H2,13,14). The van der Waals surface area contributed by atoms with Crippen molar-refractivity contribution in [3.63, 3.8) is 0 Å². The molecule has 17 heavy (non-hydrogen) atoms. The van der Waals surface area contributed by atoms with Crippen molar-refractivity contribution < 1.29 is 4.74 Å². The first-order valence-corrected chi connectivity index (χ1v) is 7.14. The van der Waals surface area contributed by atoms with Gasteiger partial charge in [0.1, 0.15) is 5.75 Å². The largest absolute Gasteiger partial charge is 0.494 e. The van der Waals surface area contributed by atoms with Crippen LogP contribution in [-0.4, -0.2) is 11.6 Å². The van der Waals surface area contributed by atoms with Crippen LogP contribution in [0.15, 0.2) is 34.7 Å². The van der Waals surface area contributed by atoms with Crippen molar-refractivity contribution in [3.8, 4) is 5.75 Å². The first-order chi connectivity index (χ1) is 8.29. The average molecular weight is 266 g/mol. The van der Waals surface area contributed by atoms with Crippen molar-refractivity contribution in [2.24, 2.45) is 0 Å². The maximum absolute atomic E-state index is 5.59. The van der Waals surface area contributed by atoms with Gasteiger partial charge in [0.2, 0.25) is 0 Å². The van der Waals surface area contributed by atoms with Gasteiger partial charge in [-0.2, -0.15) is 0 Å². The monoisotopic (exact) mass is 266 g/mol. The SMILES string of the molecule is CCOc1ccccc1CSc1cnc(N)s1. The molecule has 0 aliphatic heterocycles. The number of rotatable bonds is 5. The third-order valence-corrected chi connectivity index (χ3v) is 4.21. The third kappa shape index (κ3) is 3.38. The predicted octanol–water partition coefficient (Wildman–Crippen LogP) is 3.42. The quantitative estimate of drug-likeness (QED) is 0.842. The zero-order valence-electron chi connectivity index (χ0n) is 9.55. The highest BCUT2D eigenvalue weighted by atomic mass is 32.2. The number of thioether (sulfide) groups is 1. The number of thiazole rings is 1. The summed E-state index contributed by atoms with van der Waals surface area (Å²) < 4.78 is 6.71. The molecular weight excluding hydrogens is 252 g/mol. The minimum Gasteiger partial charge on any atom is -0.494 e. The summed E-state index contributed by atoms with van der Waals surface area (Å²) in [5.41, 5.74) is 6.79. The molecule has 2 N–H and O–H groups in total. The van der Waals surface area contributed by atoms with Gasteiger partial charge in [-0.05, 0) is 13.0 Å². The van der Waals surface area contributed by atoms with Crippen LogP contribution in [0.25, 0.3) is 0 Å². The zero-order chi connectivity index (χ0) is 12.1. The summed E-state index contributed by atoms with van der Waals surface area (Å²) in [5, 5.41) is 0.616. The van der Waals surface area contributed by atoms with Crippen LogP contribution >= 0.6 is 23.1 Å². The topological polar surface area (TPSA) is 48.1 Å². The van der Waals surface area contributed by atoms with Crippen molar-refractivity contribution >= 4 is 28.2 Å². The van der Waals surface area contributed by atoms with Crippen molar-refractivity contribution in [2.45, 2.75) is 16.9 Å². The van der Waals surface area contributed by atoms with Gasteiger partial charge in [0.15, 0.2) is 5.13 Å². The molecule has 0 unspecified atom stereocenters. The first kappa shape index (κ1) is 12.3. The Morgan fingerprint density at radius 1 is 1.41 bits per heavy atom. The Hall–Kier alpha value is -1.20. The van der Waals surface area contributed by atoms with Crippen LogP contribution in [0.5, 0.6) is 5.75 Å². The number of ether oxygens (including phenoxy) is 1.